The van der Waals surface area contributed by atoms with Crippen molar-refractivity contribution >= 4 is 5.69 Å². The minimum Gasteiger partial charge on any atom is -0.322 e. The number of hydrogen-bond donors (Lipinski definition) is 2. The van der Waals surface area contributed by atoms with Crippen molar-refractivity contribution in [1.82, 2.24) is 5.43 Å². The number of benzene rings is 1. The smallest absolute Gasteiger partial charge is 0.126 e. The molecule has 3 nitrogen and oxygen atoms in total. The van der Waals surface area contributed by atoms with Gasteiger partial charge in [-0.15, -0.1) is 0 Å². The molecule has 2 N–H and O–H groups in total. The number of nitrogens with one attached hydrogen (secondary N) is 2. The average molecular weight is 165 g/mol. The minimum atomic E-state index is -0.424. The Hall–Kier alpha value is -1.60. The first-order valence-corrected chi connectivity index (χ1v) is 3.39. The number of nitrogens with zero attached hydrogens (tertiary/aromatic N) is 1. The van der Waals surface area contributed by atoms with Crippen LogP contribution in [0.15, 0.2) is 18.2 Å². The second kappa shape index (κ2) is 3.69. The SMILES string of the molecule is CNNc1cc(F)cc(C#N)c1. The zero-order valence-corrected chi connectivity index (χ0v) is 6.56. The second-order valence-corrected chi connectivity index (χ2v) is 2.22. The van der Waals surface area contributed by atoms with Crippen LogP contribution in [-0.4, -0.2) is 7.05 Å². The molecule has 0 aromatic heterocycles. The zero-order valence-electron chi connectivity index (χ0n) is 6.56. The zero-order chi connectivity index (χ0) is 8.97. The molecule has 0 aliphatic heterocycles. The van der Waals surface area contributed by atoms with E-state index in [0.717, 1.165) is 0 Å². The summed E-state index contributed by atoms with van der Waals surface area (Å²) < 4.78 is 12.7. The summed E-state index contributed by atoms with van der Waals surface area (Å²) in [6, 6.07) is 5.90. The van der Waals surface area contributed by atoms with E-state index >= 15 is 0 Å². The standard InChI is InChI=1S/C8H8FN3/c1-11-12-8-3-6(5-10)2-7(9)4-8/h2-4,11-12H,1H3. The van der Waals surface area contributed by atoms with Crippen molar-refractivity contribution in [3.8, 4) is 6.07 Å². The molecule has 0 radical (unpaired) electrons. The highest BCUT2D eigenvalue weighted by Gasteiger charge is 1.98. The Balaban J connectivity index is 3.00. The lowest BCUT2D eigenvalue weighted by atomic mass is 10.2. The van der Waals surface area contributed by atoms with Crippen LogP contribution in [0.2, 0.25) is 0 Å². The van der Waals surface area contributed by atoms with Gasteiger partial charge < -0.3 is 5.43 Å². The number of hydrogen-bond acceptors (Lipinski definition) is 3. The molecule has 0 bridgehead atoms. The highest BCUT2D eigenvalue weighted by Crippen LogP contribution is 2.11. The van der Waals surface area contributed by atoms with Gasteiger partial charge in [0.25, 0.3) is 0 Å². The molecule has 0 atom stereocenters. The molecule has 0 amide bonds. The van der Waals surface area contributed by atoms with E-state index in [2.05, 4.69) is 10.9 Å². The van der Waals surface area contributed by atoms with Gasteiger partial charge in [-0.05, 0) is 18.2 Å². The lowest BCUT2D eigenvalue weighted by Gasteiger charge is -2.03. The Bertz CT molecular complexity index is 317. The lowest BCUT2D eigenvalue weighted by molar-refractivity contribution is 0.627. The number of halogens is 1. The van der Waals surface area contributed by atoms with Gasteiger partial charge in [0.1, 0.15) is 5.82 Å². The third kappa shape index (κ3) is 1.94. The molecule has 1 rings (SSSR count). The van der Waals surface area contributed by atoms with Gasteiger partial charge >= 0.3 is 0 Å². The van der Waals surface area contributed by atoms with Crippen molar-refractivity contribution in [2.45, 2.75) is 0 Å². The summed E-state index contributed by atoms with van der Waals surface area (Å²) >= 11 is 0. The number of anilines is 1. The van der Waals surface area contributed by atoms with E-state index < -0.39 is 5.82 Å². The molecule has 0 aliphatic rings. The molecule has 1 aromatic rings. The van der Waals surface area contributed by atoms with Crippen molar-refractivity contribution in [2.75, 3.05) is 12.5 Å². The first-order chi connectivity index (χ1) is 5.76. The fourth-order valence-corrected chi connectivity index (χ4v) is 0.871. The minimum absolute atomic E-state index is 0.299. The Morgan fingerprint density at radius 3 is 2.75 bits per heavy atom. The van der Waals surface area contributed by atoms with Crippen LogP contribution < -0.4 is 10.9 Å². The van der Waals surface area contributed by atoms with Crippen molar-refractivity contribution in [3.05, 3.63) is 29.6 Å². The predicted octanol–water partition coefficient (Wildman–Crippen LogP) is 1.24. The van der Waals surface area contributed by atoms with Gasteiger partial charge in [-0.1, -0.05) is 0 Å². The van der Waals surface area contributed by atoms with Gasteiger partial charge in [0, 0.05) is 7.05 Å². The van der Waals surface area contributed by atoms with Gasteiger partial charge in [0.15, 0.2) is 0 Å². The van der Waals surface area contributed by atoms with Crippen LogP contribution in [-0.2, 0) is 0 Å². The highest BCUT2D eigenvalue weighted by atomic mass is 19.1. The predicted molar refractivity (Wildman–Crippen MR) is 43.8 cm³/mol. The van der Waals surface area contributed by atoms with Crippen LogP contribution in [0.4, 0.5) is 10.1 Å². The Kier molecular flexibility index (Phi) is 2.62. The highest BCUT2D eigenvalue weighted by molar-refractivity contribution is 5.48. The average Bonchev–Trinajstić information content (AvgIpc) is 2.04. The van der Waals surface area contributed by atoms with E-state index in [1.54, 1.807) is 13.1 Å². The molecule has 0 aliphatic carbocycles. The van der Waals surface area contributed by atoms with Crippen LogP contribution in [0, 0.1) is 17.1 Å². The van der Waals surface area contributed by atoms with Crippen LogP contribution in [0.5, 0.6) is 0 Å². The molecule has 12 heavy (non-hydrogen) atoms. The summed E-state index contributed by atoms with van der Waals surface area (Å²) in [5.74, 6) is -0.424. The Morgan fingerprint density at radius 1 is 1.42 bits per heavy atom. The molecule has 4 heteroatoms. The summed E-state index contributed by atoms with van der Waals surface area (Å²) in [5, 5.41) is 8.49. The van der Waals surface area contributed by atoms with Crippen molar-refractivity contribution in [3.63, 3.8) is 0 Å². The number of rotatable bonds is 2. The maximum absolute atomic E-state index is 12.7. The number of hydrazine groups is 1. The third-order valence-electron chi connectivity index (χ3n) is 1.30. The Morgan fingerprint density at radius 2 is 2.17 bits per heavy atom. The largest absolute Gasteiger partial charge is 0.322 e. The molecule has 0 saturated heterocycles. The maximum atomic E-state index is 12.7. The molecular formula is C8H8FN3. The molecule has 0 unspecified atom stereocenters. The van der Waals surface area contributed by atoms with Crippen LogP contribution in [0.1, 0.15) is 5.56 Å². The molecule has 0 saturated carbocycles. The van der Waals surface area contributed by atoms with Crippen molar-refractivity contribution in [1.29, 1.82) is 5.26 Å². The quantitative estimate of drug-likeness (QED) is 0.648. The van der Waals surface area contributed by atoms with E-state index in [9.17, 15) is 4.39 Å². The monoisotopic (exact) mass is 165 g/mol. The molecule has 0 fully saturated rings. The van der Waals surface area contributed by atoms with E-state index in [1.807, 2.05) is 6.07 Å². The van der Waals surface area contributed by atoms with E-state index in [1.165, 1.54) is 12.1 Å². The van der Waals surface area contributed by atoms with Crippen LogP contribution >= 0.6 is 0 Å². The Labute approximate surface area is 69.8 Å². The normalized spacial score (nSPS) is 9.08. The lowest BCUT2D eigenvalue weighted by Crippen LogP contribution is -2.15. The van der Waals surface area contributed by atoms with Gasteiger partial charge in [0.2, 0.25) is 0 Å². The fraction of sp³-hybridized carbons (Fsp3) is 0.125. The van der Waals surface area contributed by atoms with E-state index in [4.69, 9.17) is 5.26 Å². The van der Waals surface area contributed by atoms with Crippen molar-refractivity contribution < 1.29 is 4.39 Å². The molecule has 0 spiro atoms. The summed E-state index contributed by atoms with van der Waals surface area (Å²) in [7, 11) is 1.66. The molecular weight excluding hydrogens is 157 g/mol. The van der Waals surface area contributed by atoms with Crippen LogP contribution in [0.25, 0.3) is 0 Å². The van der Waals surface area contributed by atoms with Gasteiger partial charge in [-0.3, -0.25) is 0 Å². The van der Waals surface area contributed by atoms with Crippen LogP contribution in [0.3, 0.4) is 0 Å². The molecule has 1 aromatic carbocycles. The summed E-state index contributed by atoms with van der Waals surface area (Å²) in [4.78, 5) is 0. The first kappa shape index (κ1) is 8.50. The molecule has 62 valence electrons. The summed E-state index contributed by atoms with van der Waals surface area (Å²) in [6.07, 6.45) is 0. The van der Waals surface area contributed by atoms with Gasteiger partial charge in [-0.2, -0.15) is 5.26 Å². The van der Waals surface area contributed by atoms with Gasteiger partial charge in [-0.25, -0.2) is 9.82 Å². The van der Waals surface area contributed by atoms with Gasteiger partial charge in [0.05, 0.1) is 17.3 Å². The van der Waals surface area contributed by atoms with E-state index in [0.29, 0.717) is 11.3 Å². The van der Waals surface area contributed by atoms with Crippen molar-refractivity contribution in [2.24, 2.45) is 0 Å². The number of nitriles is 1. The molecule has 0 heterocycles. The van der Waals surface area contributed by atoms with E-state index in [-0.39, 0.29) is 0 Å². The fourth-order valence-electron chi connectivity index (χ4n) is 0.871. The summed E-state index contributed by atoms with van der Waals surface area (Å²) in [5.41, 5.74) is 6.15. The topological polar surface area (TPSA) is 47.8 Å². The second-order valence-electron chi connectivity index (χ2n) is 2.22. The maximum Gasteiger partial charge on any atom is 0.126 e. The third-order valence-corrected chi connectivity index (χ3v) is 1.30. The summed E-state index contributed by atoms with van der Waals surface area (Å²) in [6.45, 7) is 0. The first-order valence-electron chi connectivity index (χ1n) is 3.39.